The Kier molecular flexibility index (Phi) is 3.74. The molecule has 0 radical (unpaired) electrons. The van der Waals surface area contributed by atoms with Crippen molar-refractivity contribution in [3.05, 3.63) is 29.3 Å². The van der Waals surface area contributed by atoms with Crippen LogP contribution in [-0.4, -0.2) is 5.91 Å². The van der Waals surface area contributed by atoms with Crippen LogP contribution in [0.15, 0.2) is 18.2 Å². The number of carbonyl (C=O) groups excluding carboxylic acids is 1. The van der Waals surface area contributed by atoms with E-state index in [1.807, 2.05) is 0 Å². The van der Waals surface area contributed by atoms with E-state index in [1.165, 1.54) is 24.0 Å². The number of anilines is 1. The summed E-state index contributed by atoms with van der Waals surface area (Å²) in [6.07, 6.45) is 2.65. The maximum Gasteiger partial charge on any atom is 0.221 e. The van der Waals surface area contributed by atoms with Crippen LogP contribution >= 0.6 is 0 Å². The lowest BCUT2D eigenvalue weighted by Crippen LogP contribution is -2.13. The highest BCUT2D eigenvalue weighted by Crippen LogP contribution is 2.45. The second-order valence-corrected chi connectivity index (χ2v) is 5.77. The molecule has 2 nitrogen and oxygen atoms in total. The molecule has 1 N–H and O–H groups in total. The first-order valence-corrected chi connectivity index (χ1v) is 6.91. The van der Waals surface area contributed by atoms with Crippen LogP contribution in [0.2, 0.25) is 0 Å². The maximum atomic E-state index is 11.4. The molecule has 0 heterocycles. The van der Waals surface area contributed by atoms with Crippen molar-refractivity contribution in [2.75, 3.05) is 5.32 Å². The SMILES string of the molecule is CC(=O)Nc1c(C(C)C)cccc1[C@H](C)C1CC1. The van der Waals surface area contributed by atoms with Gasteiger partial charge in [0.15, 0.2) is 0 Å². The minimum absolute atomic E-state index is 0.0207. The third-order valence-corrected chi connectivity index (χ3v) is 3.87. The molecule has 0 bridgehead atoms. The molecule has 2 heteroatoms. The molecule has 0 aliphatic heterocycles. The summed E-state index contributed by atoms with van der Waals surface area (Å²) in [5.41, 5.74) is 3.61. The number of hydrogen-bond donors (Lipinski definition) is 1. The fourth-order valence-corrected chi connectivity index (χ4v) is 2.62. The van der Waals surface area contributed by atoms with E-state index in [-0.39, 0.29) is 5.91 Å². The lowest BCUT2D eigenvalue weighted by atomic mass is 9.89. The largest absolute Gasteiger partial charge is 0.326 e. The van der Waals surface area contributed by atoms with Gasteiger partial charge in [0.25, 0.3) is 0 Å². The molecule has 1 aliphatic carbocycles. The van der Waals surface area contributed by atoms with Gasteiger partial charge in [-0.2, -0.15) is 0 Å². The van der Waals surface area contributed by atoms with Gasteiger partial charge in [0.1, 0.15) is 0 Å². The Labute approximate surface area is 110 Å². The molecule has 1 aromatic carbocycles. The summed E-state index contributed by atoms with van der Waals surface area (Å²) in [7, 11) is 0. The van der Waals surface area contributed by atoms with E-state index in [0.29, 0.717) is 11.8 Å². The monoisotopic (exact) mass is 245 g/mol. The molecule has 1 saturated carbocycles. The molecule has 1 fully saturated rings. The molecule has 18 heavy (non-hydrogen) atoms. The summed E-state index contributed by atoms with van der Waals surface area (Å²) in [6.45, 7) is 8.21. The summed E-state index contributed by atoms with van der Waals surface area (Å²) in [6, 6.07) is 6.41. The number of amides is 1. The summed E-state index contributed by atoms with van der Waals surface area (Å²) in [4.78, 5) is 11.4. The zero-order valence-corrected chi connectivity index (χ0v) is 11.8. The third-order valence-electron chi connectivity index (χ3n) is 3.87. The lowest BCUT2D eigenvalue weighted by molar-refractivity contribution is -0.114. The first-order valence-electron chi connectivity index (χ1n) is 6.91. The minimum Gasteiger partial charge on any atom is -0.326 e. The topological polar surface area (TPSA) is 29.1 Å². The van der Waals surface area contributed by atoms with E-state index in [0.717, 1.165) is 11.6 Å². The summed E-state index contributed by atoms with van der Waals surface area (Å²) < 4.78 is 0. The Bertz CT molecular complexity index is 446. The predicted octanol–water partition coefficient (Wildman–Crippen LogP) is 4.28. The number of carbonyl (C=O) groups is 1. The number of para-hydroxylation sites is 1. The zero-order valence-electron chi connectivity index (χ0n) is 11.8. The fourth-order valence-electron chi connectivity index (χ4n) is 2.62. The molecule has 0 spiro atoms. The van der Waals surface area contributed by atoms with Gasteiger partial charge in [-0.3, -0.25) is 4.79 Å². The Balaban J connectivity index is 2.42. The van der Waals surface area contributed by atoms with Crippen LogP contribution in [0.5, 0.6) is 0 Å². The molecule has 2 rings (SSSR count). The van der Waals surface area contributed by atoms with Gasteiger partial charge in [-0.05, 0) is 41.7 Å². The second-order valence-electron chi connectivity index (χ2n) is 5.77. The van der Waals surface area contributed by atoms with Crippen LogP contribution in [0.25, 0.3) is 0 Å². The van der Waals surface area contributed by atoms with E-state index in [9.17, 15) is 4.79 Å². The van der Waals surface area contributed by atoms with Gasteiger partial charge in [-0.25, -0.2) is 0 Å². The quantitative estimate of drug-likeness (QED) is 0.842. The number of hydrogen-bond acceptors (Lipinski definition) is 1. The molecular formula is C16H23NO. The molecule has 0 unspecified atom stereocenters. The van der Waals surface area contributed by atoms with Crippen LogP contribution in [0.4, 0.5) is 5.69 Å². The van der Waals surface area contributed by atoms with Crippen molar-refractivity contribution in [1.82, 2.24) is 0 Å². The average Bonchev–Trinajstić information content (AvgIpc) is 3.11. The van der Waals surface area contributed by atoms with Crippen LogP contribution in [0.1, 0.15) is 63.5 Å². The smallest absolute Gasteiger partial charge is 0.221 e. The Morgan fingerprint density at radius 3 is 2.33 bits per heavy atom. The van der Waals surface area contributed by atoms with Gasteiger partial charge in [-0.15, -0.1) is 0 Å². The van der Waals surface area contributed by atoms with Crippen molar-refractivity contribution >= 4 is 11.6 Å². The lowest BCUT2D eigenvalue weighted by Gasteiger charge is -2.21. The van der Waals surface area contributed by atoms with Crippen molar-refractivity contribution in [3.8, 4) is 0 Å². The van der Waals surface area contributed by atoms with Gasteiger partial charge in [-0.1, -0.05) is 39.0 Å². The molecule has 0 saturated heterocycles. The van der Waals surface area contributed by atoms with Crippen LogP contribution in [0, 0.1) is 5.92 Å². The van der Waals surface area contributed by atoms with E-state index in [2.05, 4.69) is 44.3 Å². The van der Waals surface area contributed by atoms with E-state index < -0.39 is 0 Å². The highest BCUT2D eigenvalue weighted by molar-refractivity contribution is 5.90. The zero-order chi connectivity index (χ0) is 13.3. The van der Waals surface area contributed by atoms with Gasteiger partial charge in [0, 0.05) is 12.6 Å². The standard InChI is InChI=1S/C16H23NO/c1-10(2)14-6-5-7-15(11(3)13-8-9-13)16(14)17-12(4)18/h5-7,10-11,13H,8-9H2,1-4H3,(H,17,18)/t11-/m1/s1. The van der Waals surface area contributed by atoms with E-state index in [4.69, 9.17) is 0 Å². The van der Waals surface area contributed by atoms with Crippen molar-refractivity contribution in [1.29, 1.82) is 0 Å². The Hall–Kier alpha value is -1.31. The molecule has 1 aliphatic rings. The fraction of sp³-hybridized carbons (Fsp3) is 0.562. The maximum absolute atomic E-state index is 11.4. The van der Waals surface area contributed by atoms with Gasteiger partial charge in [0.2, 0.25) is 5.91 Å². The normalized spacial score (nSPS) is 16.7. The van der Waals surface area contributed by atoms with Gasteiger partial charge >= 0.3 is 0 Å². The van der Waals surface area contributed by atoms with E-state index in [1.54, 1.807) is 6.92 Å². The van der Waals surface area contributed by atoms with Crippen molar-refractivity contribution < 1.29 is 4.79 Å². The Morgan fingerprint density at radius 1 is 1.22 bits per heavy atom. The van der Waals surface area contributed by atoms with Crippen LogP contribution in [-0.2, 0) is 4.79 Å². The van der Waals surface area contributed by atoms with Crippen molar-refractivity contribution in [3.63, 3.8) is 0 Å². The highest BCUT2D eigenvalue weighted by Gasteiger charge is 2.31. The van der Waals surface area contributed by atoms with Crippen molar-refractivity contribution in [2.24, 2.45) is 5.92 Å². The summed E-state index contributed by atoms with van der Waals surface area (Å²) >= 11 is 0. The Morgan fingerprint density at radius 2 is 1.83 bits per heavy atom. The number of benzene rings is 1. The molecule has 1 aromatic rings. The summed E-state index contributed by atoms with van der Waals surface area (Å²) in [5.74, 6) is 1.80. The van der Waals surface area contributed by atoms with Crippen LogP contribution < -0.4 is 5.32 Å². The number of nitrogens with one attached hydrogen (secondary N) is 1. The third kappa shape index (κ3) is 2.74. The molecule has 98 valence electrons. The van der Waals surface area contributed by atoms with Crippen molar-refractivity contribution in [2.45, 2.75) is 52.4 Å². The molecular weight excluding hydrogens is 222 g/mol. The highest BCUT2D eigenvalue weighted by atomic mass is 16.1. The van der Waals surface area contributed by atoms with Crippen LogP contribution in [0.3, 0.4) is 0 Å². The van der Waals surface area contributed by atoms with E-state index >= 15 is 0 Å². The number of rotatable bonds is 4. The second kappa shape index (κ2) is 5.13. The average molecular weight is 245 g/mol. The minimum atomic E-state index is 0.0207. The molecule has 1 atom stereocenters. The first kappa shape index (κ1) is 13.1. The van der Waals surface area contributed by atoms with Gasteiger partial charge in [0.05, 0.1) is 0 Å². The molecule has 0 aromatic heterocycles. The molecule has 1 amide bonds. The predicted molar refractivity (Wildman–Crippen MR) is 76.0 cm³/mol. The first-order chi connectivity index (χ1) is 8.50. The summed E-state index contributed by atoms with van der Waals surface area (Å²) in [5, 5.41) is 3.05. The van der Waals surface area contributed by atoms with Gasteiger partial charge < -0.3 is 5.32 Å².